The van der Waals surface area contributed by atoms with Crippen LogP contribution in [0.2, 0.25) is 0 Å². The highest BCUT2D eigenvalue weighted by molar-refractivity contribution is 7.80. The maximum atomic E-state index is 11.1. The van der Waals surface area contributed by atoms with E-state index in [1.807, 2.05) is 6.92 Å². The maximum absolute atomic E-state index is 11.1. The lowest BCUT2D eigenvalue weighted by Gasteiger charge is -2.08. The molecule has 0 atom stereocenters. The normalized spacial score (nSPS) is 20.2. The smallest absolute Gasteiger partial charge is 0.312 e. The molecule has 0 saturated heterocycles. The van der Waals surface area contributed by atoms with Crippen LogP contribution in [0.25, 0.3) is 0 Å². The number of ether oxygens (including phenoxy) is 1. The molecule has 1 fully saturated rings. The van der Waals surface area contributed by atoms with E-state index in [2.05, 4.69) is 12.6 Å². The molecule has 1 aliphatic rings. The third-order valence-corrected chi connectivity index (χ3v) is 2.47. The van der Waals surface area contributed by atoms with Crippen LogP contribution in [0.3, 0.4) is 0 Å². The van der Waals surface area contributed by atoms with Crippen molar-refractivity contribution >= 4 is 18.6 Å². The summed E-state index contributed by atoms with van der Waals surface area (Å²) in [6.45, 7) is 2.31. The number of esters is 1. The average molecular weight is 160 g/mol. The fourth-order valence-corrected chi connectivity index (χ4v) is 1.31. The third-order valence-electron chi connectivity index (χ3n) is 1.86. The molecule has 3 heteroatoms. The molecule has 0 bridgehead atoms. The van der Waals surface area contributed by atoms with Crippen LogP contribution >= 0.6 is 12.6 Å². The lowest BCUT2D eigenvalue weighted by Crippen LogP contribution is -2.20. The van der Waals surface area contributed by atoms with Gasteiger partial charge in [0.05, 0.1) is 12.0 Å². The van der Waals surface area contributed by atoms with Crippen LogP contribution in [0.1, 0.15) is 19.8 Å². The summed E-state index contributed by atoms with van der Waals surface area (Å²) in [6, 6.07) is 0. The topological polar surface area (TPSA) is 26.3 Å². The van der Waals surface area contributed by atoms with Gasteiger partial charge in [-0.05, 0) is 19.8 Å². The molecule has 0 aromatic carbocycles. The summed E-state index contributed by atoms with van der Waals surface area (Å²) in [5.41, 5.74) is -0.195. The molecule has 0 heterocycles. The van der Waals surface area contributed by atoms with Crippen molar-refractivity contribution in [2.24, 2.45) is 5.41 Å². The van der Waals surface area contributed by atoms with Crippen molar-refractivity contribution in [2.45, 2.75) is 19.8 Å². The quantitative estimate of drug-likeness (QED) is 0.497. The van der Waals surface area contributed by atoms with E-state index in [-0.39, 0.29) is 11.4 Å². The first-order valence-electron chi connectivity index (χ1n) is 3.53. The molecule has 0 aromatic rings. The minimum Gasteiger partial charge on any atom is -0.466 e. The van der Waals surface area contributed by atoms with Crippen LogP contribution in [0.5, 0.6) is 0 Å². The van der Waals surface area contributed by atoms with Crippen LogP contribution < -0.4 is 0 Å². The Bertz CT molecular complexity index is 141. The van der Waals surface area contributed by atoms with Crippen LogP contribution in [0.4, 0.5) is 0 Å². The summed E-state index contributed by atoms with van der Waals surface area (Å²) in [6.07, 6.45) is 1.91. The van der Waals surface area contributed by atoms with E-state index in [1.54, 1.807) is 0 Å². The first kappa shape index (κ1) is 7.92. The zero-order valence-corrected chi connectivity index (χ0v) is 6.99. The standard InChI is InChI=1S/C7H12O2S/c1-2-9-6(8)7(5-10)3-4-7/h10H,2-5H2,1H3. The van der Waals surface area contributed by atoms with Crippen molar-refractivity contribution in [3.63, 3.8) is 0 Å². The van der Waals surface area contributed by atoms with Gasteiger partial charge in [0.2, 0.25) is 0 Å². The van der Waals surface area contributed by atoms with Gasteiger partial charge in [-0.15, -0.1) is 0 Å². The molecule has 1 rings (SSSR count). The summed E-state index contributed by atoms with van der Waals surface area (Å²) < 4.78 is 4.87. The van der Waals surface area contributed by atoms with Gasteiger partial charge in [0.25, 0.3) is 0 Å². The van der Waals surface area contributed by atoms with E-state index >= 15 is 0 Å². The van der Waals surface area contributed by atoms with Crippen molar-refractivity contribution < 1.29 is 9.53 Å². The third kappa shape index (κ3) is 1.29. The molecule has 0 amide bonds. The molecule has 58 valence electrons. The molecule has 0 spiro atoms. The van der Waals surface area contributed by atoms with Gasteiger partial charge in [-0.1, -0.05) is 0 Å². The van der Waals surface area contributed by atoms with Gasteiger partial charge in [0.1, 0.15) is 0 Å². The van der Waals surface area contributed by atoms with Gasteiger partial charge in [-0.3, -0.25) is 4.79 Å². The lowest BCUT2D eigenvalue weighted by molar-refractivity contribution is -0.148. The Kier molecular flexibility index (Phi) is 2.24. The van der Waals surface area contributed by atoms with Crippen molar-refractivity contribution in [3.05, 3.63) is 0 Å². The predicted molar refractivity (Wildman–Crippen MR) is 42.2 cm³/mol. The molecule has 0 unspecified atom stereocenters. The van der Waals surface area contributed by atoms with Gasteiger partial charge < -0.3 is 4.74 Å². The SMILES string of the molecule is CCOC(=O)C1(CS)CC1. The van der Waals surface area contributed by atoms with E-state index in [0.29, 0.717) is 12.4 Å². The molecule has 1 aliphatic carbocycles. The largest absolute Gasteiger partial charge is 0.466 e. The second-order valence-corrected chi connectivity index (χ2v) is 2.98. The fraction of sp³-hybridized carbons (Fsp3) is 0.857. The van der Waals surface area contributed by atoms with Crippen molar-refractivity contribution in [1.29, 1.82) is 0 Å². The number of hydrogen-bond donors (Lipinski definition) is 1. The average Bonchev–Trinajstić information content (AvgIpc) is 2.68. The van der Waals surface area contributed by atoms with Crippen molar-refractivity contribution in [1.82, 2.24) is 0 Å². The van der Waals surface area contributed by atoms with Crippen molar-refractivity contribution in [3.8, 4) is 0 Å². The summed E-state index contributed by atoms with van der Waals surface area (Å²) in [5.74, 6) is 0.566. The summed E-state index contributed by atoms with van der Waals surface area (Å²) >= 11 is 4.09. The Hall–Kier alpha value is -0.180. The van der Waals surface area contributed by atoms with E-state index < -0.39 is 0 Å². The fourth-order valence-electron chi connectivity index (χ4n) is 0.862. The Morgan fingerprint density at radius 3 is 2.60 bits per heavy atom. The molecule has 10 heavy (non-hydrogen) atoms. The van der Waals surface area contributed by atoms with E-state index in [4.69, 9.17) is 4.74 Å². The molecule has 2 nitrogen and oxygen atoms in total. The van der Waals surface area contributed by atoms with Gasteiger partial charge in [0.15, 0.2) is 0 Å². The molecular weight excluding hydrogens is 148 g/mol. The second kappa shape index (κ2) is 2.82. The molecule has 0 aromatic heterocycles. The molecule has 0 N–H and O–H groups in total. The molecule has 1 saturated carbocycles. The molecule has 0 aliphatic heterocycles. The maximum Gasteiger partial charge on any atom is 0.312 e. The Morgan fingerprint density at radius 1 is 1.70 bits per heavy atom. The second-order valence-electron chi connectivity index (χ2n) is 2.66. The van der Waals surface area contributed by atoms with Gasteiger partial charge in [-0.25, -0.2) is 0 Å². The van der Waals surface area contributed by atoms with Crippen LogP contribution in [-0.4, -0.2) is 18.3 Å². The monoisotopic (exact) mass is 160 g/mol. The van der Waals surface area contributed by atoms with Gasteiger partial charge >= 0.3 is 5.97 Å². The summed E-state index contributed by atoms with van der Waals surface area (Å²) in [4.78, 5) is 11.1. The zero-order valence-electron chi connectivity index (χ0n) is 6.09. The highest BCUT2D eigenvalue weighted by Gasteiger charge is 2.49. The number of rotatable bonds is 3. The summed E-state index contributed by atoms with van der Waals surface area (Å²) in [5, 5.41) is 0. The first-order chi connectivity index (χ1) is 4.75. The summed E-state index contributed by atoms with van der Waals surface area (Å²) in [7, 11) is 0. The highest BCUT2D eigenvalue weighted by atomic mass is 32.1. The van der Waals surface area contributed by atoms with Gasteiger partial charge in [-0.2, -0.15) is 12.6 Å². The Balaban J connectivity index is 2.40. The Morgan fingerprint density at radius 2 is 2.30 bits per heavy atom. The number of carbonyl (C=O) groups excluding carboxylic acids is 1. The zero-order chi connectivity index (χ0) is 7.61. The number of carbonyl (C=O) groups is 1. The van der Waals surface area contributed by atoms with Crippen LogP contribution in [0, 0.1) is 5.41 Å². The first-order valence-corrected chi connectivity index (χ1v) is 4.16. The minimum absolute atomic E-state index is 0.0648. The highest BCUT2D eigenvalue weighted by Crippen LogP contribution is 2.47. The predicted octanol–water partition coefficient (Wildman–Crippen LogP) is 1.26. The van der Waals surface area contributed by atoms with Crippen molar-refractivity contribution in [2.75, 3.05) is 12.4 Å². The molecule has 0 radical (unpaired) electrons. The van der Waals surface area contributed by atoms with Crippen LogP contribution in [-0.2, 0) is 9.53 Å². The van der Waals surface area contributed by atoms with E-state index in [1.165, 1.54) is 0 Å². The van der Waals surface area contributed by atoms with E-state index in [0.717, 1.165) is 12.8 Å². The van der Waals surface area contributed by atoms with E-state index in [9.17, 15) is 4.79 Å². The number of thiol groups is 1. The van der Waals surface area contributed by atoms with Crippen LogP contribution in [0.15, 0.2) is 0 Å². The number of hydrogen-bond acceptors (Lipinski definition) is 3. The van der Waals surface area contributed by atoms with Gasteiger partial charge in [0, 0.05) is 5.75 Å². The molecular formula is C7H12O2S. The Labute approximate surface area is 66.4 Å². The minimum atomic E-state index is -0.195. The lowest BCUT2D eigenvalue weighted by atomic mass is 10.1.